The Balaban J connectivity index is 1.95. The van der Waals surface area contributed by atoms with Gasteiger partial charge in [0.1, 0.15) is 5.75 Å². The summed E-state index contributed by atoms with van der Waals surface area (Å²) < 4.78 is 5.52. The second kappa shape index (κ2) is 6.39. The predicted molar refractivity (Wildman–Crippen MR) is 91.4 cm³/mol. The smallest absolute Gasteiger partial charge is 0.335 e. The van der Waals surface area contributed by atoms with Gasteiger partial charge in [0.2, 0.25) is 0 Å². The lowest BCUT2D eigenvalue weighted by atomic mass is 10.1. The number of hydrogen-bond donors (Lipinski definition) is 1. The summed E-state index contributed by atoms with van der Waals surface area (Å²) in [7, 11) is 0. The summed E-state index contributed by atoms with van der Waals surface area (Å²) in [5.41, 5.74) is 1.85. The van der Waals surface area contributed by atoms with E-state index in [0.717, 1.165) is 5.56 Å². The van der Waals surface area contributed by atoms with E-state index in [1.54, 1.807) is 19.1 Å². The van der Waals surface area contributed by atoms with E-state index in [1.165, 1.54) is 23.1 Å². The number of carboxylic acids is 1. The van der Waals surface area contributed by atoms with Crippen molar-refractivity contribution in [2.24, 2.45) is 0 Å². The van der Waals surface area contributed by atoms with Crippen molar-refractivity contribution in [1.29, 1.82) is 0 Å². The fraction of sp³-hybridized carbons (Fsp3) is 0.211. The van der Waals surface area contributed by atoms with Gasteiger partial charge in [0.15, 0.2) is 11.9 Å². The quantitative estimate of drug-likeness (QED) is 0.866. The lowest BCUT2D eigenvalue weighted by molar-refractivity contribution is -0.125. The van der Waals surface area contributed by atoms with Crippen LogP contribution in [-0.4, -0.2) is 35.4 Å². The van der Waals surface area contributed by atoms with Crippen molar-refractivity contribution in [1.82, 2.24) is 0 Å². The van der Waals surface area contributed by atoms with Crippen LogP contribution in [-0.2, 0) is 4.79 Å². The number of hydrogen-bond acceptors (Lipinski definition) is 4. The van der Waals surface area contributed by atoms with Gasteiger partial charge >= 0.3 is 5.97 Å². The molecule has 0 aliphatic carbocycles. The van der Waals surface area contributed by atoms with Gasteiger partial charge in [-0.25, -0.2) is 4.79 Å². The maximum Gasteiger partial charge on any atom is 0.335 e. The molecule has 2 aromatic rings. The van der Waals surface area contributed by atoms with E-state index < -0.39 is 12.1 Å². The van der Waals surface area contributed by atoms with Crippen LogP contribution in [0.5, 0.6) is 5.75 Å². The molecule has 1 amide bonds. The van der Waals surface area contributed by atoms with Crippen molar-refractivity contribution in [3.05, 3.63) is 59.2 Å². The summed E-state index contributed by atoms with van der Waals surface area (Å²) in [5.74, 6) is -1.34. The van der Waals surface area contributed by atoms with Crippen molar-refractivity contribution in [3.63, 3.8) is 0 Å². The maximum absolute atomic E-state index is 12.6. The molecule has 0 saturated heterocycles. The minimum absolute atomic E-state index is 0.0255. The first-order valence-corrected chi connectivity index (χ1v) is 7.82. The van der Waals surface area contributed by atoms with Gasteiger partial charge in [0, 0.05) is 5.56 Å². The largest absolute Gasteiger partial charge is 0.479 e. The normalized spacial score (nSPS) is 16.2. The number of amides is 1. The number of rotatable bonds is 4. The standard InChI is InChI=1S/C19H17NO5/c1-11-3-5-13(6-4-11)16(21)10-20-15-9-14(19(23)24)7-8-17(15)25-12(2)18(20)22/h3-9,12H,10H2,1-2H3,(H,23,24). The van der Waals surface area contributed by atoms with E-state index >= 15 is 0 Å². The third kappa shape index (κ3) is 3.24. The number of fused-ring (bicyclic) bond motifs is 1. The minimum Gasteiger partial charge on any atom is -0.479 e. The number of carbonyl (C=O) groups is 3. The van der Waals surface area contributed by atoms with E-state index in [1.807, 2.05) is 19.1 Å². The van der Waals surface area contributed by atoms with Crippen molar-refractivity contribution in [3.8, 4) is 5.75 Å². The number of ether oxygens (including phenoxy) is 1. The molecule has 0 saturated carbocycles. The molecule has 2 aromatic carbocycles. The third-order valence-corrected chi connectivity index (χ3v) is 4.09. The highest BCUT2D eigenvalue weighted by molar-refractivity contribution is 6.08. The molecular formula is C19H17NO5. The van der Waals surface area contributed by atoms with Gasteiger partial charge in [-0.1, -0.05) is 29.8 Å². The van der Waals surface area contributed by atoms with Gasteiger partial charge in [-0.3, -0.25) is 14.5 Å². The Labute approximate surface area is 144 Å². The number of carboxylic acid groups (broad SMARTS) is 1. The first-order valence-electron chi connectivity index (χ1n) is 7.82. The number of aromatic carboxylic acids is 1. The van der Waals surface area contributed by atoms with Crippen molar-refractivity contribution >= 4 is 23.3 Å². The van der Waals surface area contributed by atoms with Crippen LogP contribution in [0.25, 0.3) is 0 Å². The first kappa shape index (κ1) is 16.7. The van der Waals surface area contributed by atoms with E-state index in [2.05, 4.69) is 0 Å². The number of ketones is 1. The zero-order valence-corrected chi connectivity index (χ0v) is 13.9. The molecule has 0 spiro atoms. The molecule has 0 radical (unpaired) electrons. The molecule has 0 aromatic heterocycles. The van der Waals surface area contributed by atoms with Crippen LogP contribution >= 0.6 is 0 Å². The van der Waals surface area contributed by atoms with Crippen LogP contribution in [0.4, 0.5) is 5.69 Å². The van der Waals surface area contributed by atoms with E-state index in [-0.39, 0.29) is 23.8 Å². The molecule has 25 heavy (non-hydrogen) atoms. The maximum atomic E-state index is 12.6. The summed E-state index contributed by atoms with van der Waals surface area (Å²) >= 11 is 0. The number of nitrogens with zero attached hydrogens (tertiary/aromatic N) is 1. The Hall–Kier alpha value is -3.15. The number of Topliss-reactive ketones (excluding diaryl/α,β-unsaturated/α-hetero) is 1. The Kier molecular flexibility index (Phi) is 4.27. The van der Waals surface area contributed by atoms with Crippen LogP contribution in [0.2, 0.25) is 0 Å². The number of carbonyl (C=O) groups excluding carboxylic acids is 2. The highest BCUT2D eigenvalue weighted by Crippen LogP contribution is 2.35. The molecule has 0 bridgehead atoms. The first-order chi connectivity index (χ1) is 11.9. The fourth-order valence-corrected chi connectivity index (χ4v) is 2.68. The highest BCUT2D eigenvalue weighted by atomic mass is 16.5. The molecule has 1 aliphatic heterocycles. The molecule has 6 heteroatoms. The molecule has 6 nitrogen and oxygen atoms in total. The van der Waals surface area contributed by atoms with Crippen molar-refractivity contribution in [2.45, 2.75) is 20.0 Å². The van der Waals surface area contributed by atoms with E-state index in [4.69, 9.17) is 9.84 Å². The zero-order chi connectivity index (χ0) is 18.1. The average Bonchev–Trinajstić information content (AvgIpc) is 2.59. The SMILES string of the molecule is Cc1ccc(C(=O)CN2C(=O)C(C)Oc3ccc(C(=O)O)cc32)cc1. The molecule has 1 atom stereocenters. The van der Waals surface area contributed by atoms with Gasteiger partial charge in [-0.15, -0.1) is 0 Å². The molecule has 1 aliphatic rings. The summed E-state index contributed by atoms with van der Waals surface area (Å²) in [4.78, 5) is 37.5. The van der Waals surface area contributed by atoms with Crippen LogP contribution in [0, 0.1) is 6.92 Å². The van der Waals surface area contributed by atoms with Crippen LogP contribution in [0.3, 0.4) is 0 Å². The lowest BCUT2D eigenvalue weighted by Crippen LogP contribution is -2.46. The summed E-state index contributed by atoms with van der Waals surface area (Å²) in [6.45, 7) is 3.34. The minimum atomic E-state index is -1.11. The topological polar surface area (TPSA) is 83.9 Å². The Morgan fingerprint density at radius 2 is 1.76 bits per heavy atom. The summed E-state index contributed by atoms with van der Waals surface area (Å²) in [6.07, 6.45) is -0.742. The Bertz CT molecular complexity index is 857. The number of benzene rings is 2. The van der Waals surface area contributed by atoms with Crippen LogP contribution in [0.15, 0.2) is 42.5 Å². The third-order valence-electron chi connectivity index (χ3n) is 4.09. The zero-order valence-electron chi connectivity index (χ0n) is 13.9. The van der Waals surface area contributed by atoms with Gasteiger partial charge in [-0.2, -0.15) is 0 Å². The predicted octanol–water partition coefficient (Wildman–Crippen LogP) is 2.69. The fourth-order valence-electron chi connectivity index (χ4n) is 2.68. The second-order valence-electron chi connectivity index (χ2n) is 5.96. The second-order valence-corrected chi connectivity index (χ2v) is 5.96. The van der Waals surface area contributed by atoms with Gasteiger partial charge < -0.3 is 9.84 Å². The Morgan fingerprint density at radius 1 is 1.12 bits per heavy atom. The Morgan fingerprint density at radius 3 is 2.40 bits per heavy atom. The van der Waals surface area contributed by atoms with Crippen LogP contribution in [0.1, 0.15) is 33.2 Å². The average molecular weight is 339 g/mol. The van der Waals surface area contributed by atoms with E-state index in [9.17, 15) is 14.4 Å². The summed E-state index contributed by atoms with van der Waals surface area (Å²) in [6, 6.07) is 11.3. The lowest BCUT2D eigenvalue weighted by Gasteiger charge is -2.32. The van der Waals surface area contributed by atoms with E-state index in [0.29, 0.717) is 17.0 Å². The highest BCUT2D eigenvalue weighted by Gasteiger charge is 2.33. The molecular weight excluding hydrogens is 322 g/mol. The van der Waals surface area contributed by atoms with Gasteiger partial charge in [0.05, 0.1) is 17.8 Å². The molecule has 0 fully saturated rings. The van der Waals surface area contributed by atoms with Gasteiger partial charge in [0.25, 0.3) is 5.91 Å². The number of aryl methyl sites for hydroxylation is 1. The van der Waals surface area contributed by atoms with Crippen molar-refractivity contribution < 1.29 is 24.2 Å². The van der Waals surface area contributed by atoms with Crippen molar-refractivity contribution in [2.75, 3.05) is 11.4 Å². The molecule has 128 valence electrons. The molecule has 3 rings (SSSR count). The van der Waals surface area contributed by atoms with Gasteiger partial charge in [-0.05, 0) is 32.0 Å². The van der Waals surface area contributed by atoms with Crippen LogP contribution < -0.4 is 9.64 Å². The summed E-state index contributed by atoms with van der Waals surface area (Å²) in [5, 5.41) is 9.17. The monoisotopic (exact) mass is 339 g/mol. The molecule has 1 N–H and O–H groups in total. The molecule has 1 heterocycles. The molecule has 1 unspecified atom stereocenters. The number of anilines is 1.